The van der Waals surface area contributed by atoms with E-state index >= 15 is 0 Å². The van der Waals surface area contributed by atoms with Gasteiger partial charge in [-0.1, -0.05) is 60.7 Å². The Kier molecular flexibility index (Phi) is 14.6. The number of nitrogens with two attached hydrogens (primary N) is 1. The zero-order valence-corrected chi connectivity index (χ0v) is 29.0. The van der Waals surface area contributed by atoms with Gasteiger partial charge in [-0.2, -0.15) is 0 Å². The molecule has 0 saturated carbocycles. The molecule has 6 rings (SSSR count). The average Bonchev–Trinajstić information content (AvgIpc) is 3.20. The number of hydrogen-bond donors (Lipinski definition) is 1. The van der Waals surface area contributed by atoms with Gasteiger partial charge in [0.25, 0.3) is 0 Å². The molecule has 294 valence electrons. The molecule has 0 unspecified atom stereocenters. The number of alkyl halides is 2. The molecule has 1 saturated heterocycles. The molecule has 5 aromatic carbocycles. The smallest absolute Gasteiger partial charge is 0.200 e. The highest BCUT2D eigenvalue weighted by molar-refractivity contribution is 6.95. The van der Waals surface area contributed by atoms with Crippen molar-refractivity contribution >= 4 is 46.3 Å². The third-order valence-corrected chi connectivity index (χ3v) is 8.91. The van der Waals surface area contributed by atoms with Crippen LogP contribution in [0.2, 0.25) is 0 Å². The number of benzene rings is 5. The molecule has 0 aromatic heterocycles. The van der Waals surface area contributed by atoms with E-state index in [1.54, 1.807) is 0 Å². The lowest BCUT2D eigenvalue weighted by molar-refractivity contribution is -0.743. The number of rotatable bonds is 5. The molecule has 0 aliphatic carbocycles. The molecule has 1 nitrogen and oxygen atoms in total. The van der Waals surface area contributed by atoms with Crippen molar-refractivity contribution in [2.75, 3.05) is 5.34 Å². The van der Waals surface area contributed by atoms with Crippen molar-refractivity contribution in [3.63, 3.8) is 0 Å². The highest BCUT2D eigenvalue weighted by Crippen LogP contribution is 2.27. The van der Waals surface area contributed by atoms with Crippen LogP contribution < -0.4 is 21.7 Å². The number of quaternary nitrogens is 1. The zero-order valence-electron chi connectivity index (χ0n) is 27.5. The Labute approximate surface area is 312 Å². The van der Waals surface area contributed by atoms with Gasteiger partial charge in [-0.3, -0.25) is 0 Å². The summed E-state index contributed by atoms with van der Waals surface area (Å²) >= 11 is 9.53. The lowest BCUT2D eigenvalue weighted by Gasteiger charge is -2.30. The van der Waals surface area contributed by atoms with Crippen LogP contribution in [0, 0.1) is 87.3 Å². The van der Waals surface area contributed by atoms with E-state index in [-0.39, 0.29) is 5.34 Å². The van der Waals surface area contributed by atoms with E-state index in [9.17, 15) is 65.9 Å². The van der Waals surface area contributed by atoms with Gasteiger partial charge in [-0.15, -0.1) is 39.6 Å². The van der Waals surface area contributed by atoms with Crippen LogP contribution in [0.25, 0.3) is 0 Å². The molecule has 1 fully saturated rings. The maximum Gasteiger partial charge on any atom is 0.200 e. The molecule has 1 heterocycles. The van der Waals surface area contributed by atoms with Gasteiger partial charge in [0, 0.05) is 24.0 Å². The van der Waals surface area contributed by atoms with Crippen molar-refractivity contribution in [1.82, 2.24) is 0 Å². The Morgan fingerprint density at radius 2 is 0.618 bits per heavy atom. The summed E-state index contributed by atoms with van der Waals surface area (Å²) in [6.45, 7) is -5.16. The van der Waals surface area contributed by atoms with Crippen molar-refractivity contribution in [2.45, 2.75) is 31.3 Å². The minimum Gasteiger partial charge on any atom is -0.334 e. The summed E-state index contributed by atoms with van der Waals surface area (Å²) in [5, 5.41) is 2.74. The summed E-state index contributed by atoms with van der Waals surface area (Å²) in [5.74, 6) is -44.8. The van der Waals surface area contributed by atoms with Crippen molar-refractivity contribution in [3.8, 4) is 0 Å². The van der Waals surface area contributed by atoms with Crippen LogP contribution in [0.1, 0.15) is 42.5 Å². The van der Waals surface area contributed by atoms with Crippen LogP contribution in [-0.4, -0.2) is 12.1 Å². The van der Waals surface area contributed by atoms with Crippen LogP contribution in [0.3, 0.4) is 0 Å². The molecule has 19 heteroatoms. The number of halogens is 17. The zero-order chi connectivity index (χ0) is 40.9. The van der Waals surface area contributed by atoms with Gasteiger partial charge in [0.2, 0.25) is 0 Å². The summed E-state index contributed by atoms with van der Waals surface area (Å²) in [7, 11) is 0. The van der Waals surface area contributed by atoms with Crippen LogP contribution in [0.4, 0.5) is 65.9 Å². The van der Waals surface area contributed by atoms with Crippen LogP contribution in [0.15, 0.2) is 60.7 Å². The molecule has 1 aliphatic heterocycles. The van der Waals surface area contributed by atoms with Gasteiger partial charge in [0.1, 0.15) is 47.0 Å². The van der Waals surface area contributed by atoms with E-state index in [1.165, 1.54) is 30.4 Å². The maximum atomic E-state index is 14.4. The first-order valence-electron chi connectivity index (χ1n) is 15.8. The second-order valence-corrected chi connectivity index (χ2v) is 12.7. The minimum atomic E-state index is -5.16. The number of piperidine rings is 1. The SMILES string of the molecule is ClCCl.Fc1c(F)c(F)c([BH-](c2c(F)c(F)c(F)c(F)c2F)c2c(F)c(F)c(F)c(F)c2F)c(F)c1F.c1ccc([C@@H]2CCC[C@H](c3ccccc3)[NH2+]2)cc1. The fourth-order valence-electron chi connectivity index (χ4n) is 6.40. The van der Waals surface area contributed by atoms with Gasteiger partial charge in [0.05, 0.1) is 12.1 Å². The van der Waals surface area contributed by atoms with Gasteiger partial charge in [-0.05, 0) is 6.42 Å². The van der Waals surface area contributed by atoms with Crippen LogP contribution >= 0.6 is 23.2 Å². The fourth-order valence-corrected chi connectivity index (χ4v) is 6.40. The summed E-state index contributed by atoms with van der Waals surface area (Å²) in [6.07, 6.45) is 3.93. The third-order valence-electron chi connectivity index (χ3n) is 8.91. The topological polar surface area (TPSA) is 16.6 Å². The quantitative estimate of drug-likeness (QED) is 0.0601. The molecule has 0 radical (unpaired) electrons. The Morgan fingerprint density at radius 3 is 0.855 bits per heavy atom. The lowest BCUT2D eigenvalue weighted by atomic mass is 9.36. The largest absolute Gasteiger partial charge is 0.334 e. The third kappa shape index (κ3) is 8.73. The molecule has 5 aromatic rings. The molecule has 2 N–H and O–H groups in total. The van der Waals surface area contributed by atoms with E-state index in [0.717, 1.165) is 0 Å². The van der Waals surface area contributed by atoms with Crippen LogP contribution in [-0.2, 0) is 0 Å². The Morgan fingerprint density at radius 1 is 0.400 bits per heavy atom. The Bertz CT molecular complexity index is 1860. The fraction of sp³-hybridized carbons (Fsp3) is 0.167. The predicted molar refractivity (Wildman–Crippen MR) is 175 cm³/mol. The maximum absolute atomic E-state index is 14.4. The van der Waals surface area contributed by atoms with Crippen molar-refractivity contribution < 1.29 is 71.2 Å². The molecule has 55 heavy (non-hydrogen) atoms. The standard InChI is InChI=1S/C18HBF15.C17H19N.CH2Cl2/c20-4-1(5(21)11(27)16(32)10(4)26)19(2-6(22)12(28)17(33)13(29)7(2)23)3-8(24)14(30)18(34)15(31)9(3)25;1-3-8-14(9-4-1)16-12-7-13-17(18-16)15-10-5-2-6-11-15;2-1-3/h19H;1-6,8-11,16-18H,7,12-13H2;1H2/q-1;;/p+1/t;16-,17+;. The highest BCUT2D eigenvalue weighted by atomic mass is 35.5. The summed E-state index contributed by atoms with van der Waals surface area (Å²) < 4.78 is 209. The normalized spacial score (nSPS) is 15.3. The molecule has 0 spiro atoms. The predicted octanol–water partition coefficient (Wildman–Crippen LogP) is 8.66. The van der Waals surface area contributed by atoms with Gasteiger partial charge in [0.15, 0.2) is 52.4 Å². The van der Waals surface area contributed by atoms with E-state index in [1.807, 2.05) is 0 Å². The molecule has 0 bridgehead atoms. The Hall–Kier alpha value is -4.35. The Balaban J connectivity index is 0.000000266. The van der Waals surface area contributed by atoms with Crippen molar-refractivity contribution in [2.24, 2.45) is 0 Å². The average molecular weight is 836 g/mol. The lowest BCUT2D eigenvalue weighted by Crippen LogP contribution is -2.87. The van der Waals surface area contributed by atoms with Gasteiger partial charge >= 0.3 is 0 Å². The van der Waals surface area contributed by atoms with E-state index in [2.05, 4.69) is 66.0 Å². The first-order chi connectivity index (χ1) is 26.0. The second kappa shape index (κ2) is 18.5. The monoisotopic (exact) mass is 835 g/mol. The van der Waals surface area contributed by atoms with E-state index < -0.39 is 110 Å². The molecule has 0 amide bonds. The van der Waals surface area contributed by atoms with Crippen molar-refractivity contribution in [1.29, 1.82) is 0 Å². The summed E-state index contributed by atoms with van der Waals surface area (Å²) in [4.78, 5) is 0. The minimum absolute atomic E-state index is 0.194. The molecular formula is C36H23BCl2F15N. The number of hydrogen-bond acceptors (Lipinski definition) is 0. The van der Waals surface area contributed by atoms with Crippen molar-refractivity contribution in [3.05, 3.63) is 159 Å². The highest BCUT2D eigenvalue weighted by Gasteiger charge is 2.37. The first kappa shape index (κ1) is 43.4. The summed E-state index contributed by atoms with van der Waals surface area (Å²) in [5.41, 5.74) is -4.84. The first-order valence-corrected chi connectivity index (χ1v) is 16.9. The van der Waals surface area contributed by atoms with Gasteiger partial charge < -0.3 is 5.32 Å². The van der Waals surface area contributed by atoms with Crippen LogP contribution in [0.5, 0.6) is 0 Å². The summed E-state index contributed by atoms with van der Waals surface area (Å²) in [6, 6.07) is 23.1. The van der Waals surface area contributed by atoms with Gasteiger partial charge in [-0.25, -0.2) is 65.9 Å². The second-order valence-electron chi connectivity index (χ2n) is 11.9. The molecular weight excluding hydrogens is 813 g/mol. The molecule has 2 atom stereocenters. The van der Waals surface area contributed by atoms with E-state index in [4.69, 9.17) is 23.2 Å². The van der Waals surface area contributed by atoms with E-state index in [0.29, 0.717) is 12.1 Å². The molecule has 1 aliphatic rings.